The number of hydrogen-bond acceptors (Lipinski definition) is 5. The zero-order chi connectivity index (χ0) is 21.1. The predicted molar refractivity (Wildman–Crippen MR) is 110 cm³/mol. The van der Waals surface area contributed by atoms with Gasteiger partial charge >= 0.3 is 0 Å². The van der Waals surface area contributed by atoms with Crippen LogP contribution in [0.25, 0.3) is 0 Å². The van der Waals surface area contributed by atoms with Crippen molar-refractivity contribution in [1.82, 2.24) is 4.90 Å². The fourth-order valence-electron chi connectivity index (χ4n) is 3.66. The lowest BCUT2D eigenvalue weighted by atomic mass is 10.1. The van der Waals surface area contributed by atoms with E-state index in [2.05, 4.69) is 5.32 Å². The highest BCUT2D eigenvalue weighted by Crippen LogP contribution is 2.33. The molecular formula is C22H24FN3O4. The normalized spacial score (nSPS) is 18.4. The lowest BCUT2D eigenvalue weighted by Crippen LogP contribution is -2.53. The standard InChI is InChI=1S/C22H24FN3O4/c1-15-6-7-17(16(23)12-15)24-21(27)14-26-13-20(22(28)25-8-10-29-11-9-25)30-19-5-3-2-4-18(19)26/h2-7,12,20H,8-11,13-14H2,1H3,(H,24,27). The van der Waals surface area contributed by atoms with Crippen molar-refractivity contribution in [2.75, 3.05) is 49.6 Å². The molecule has 0 spiro atoms. The van der Waals surface area contributed by atoms with E-state index in [1.54, 1.807) is 34.9 Å². The maximum absolute atomic E-state index is 14.1. The molecule has 2 amide bonds. The third-order valence-corrected chi connectivity index (χ3v) is 5.19. The molecule has 2 aliphatic rings. The van der Waals surface area contributed by atoms with Crippen LogP contribution in [0.1, 0.15) is 5.56 Å². The van der Waals surface area contributed by atoms with Crippen LogP contribution in [-0.2, 0) is 14.3 Å². The van der Waals surface area contributed by atoms with E-state index in [0.29, 0.717) is 32.1 Å². The Labute approximate surface area is 174 Å². The minimum absolute atomic E-state index is 0.0272. The molecule has 30 heavy (non-hydrogen) atoms. The van der Waals surface area contributed by atoms with Gasteiger partial charge in [-0.15, -0.1) is 0 Å². The Morgan fingerprint density at radius 3 is 2.70 bits per heavy atom. The summed E-state index contributed by atoms with van der Waals surface area (Å²) in [5.41, 5.74) is 1.63. The van der Waals surface area contributed by atoms with Crippen molar-refractivity contribution < 1.29 is 23.5 Å². The van der Waals surface area contributed by atoms with E-state index in [9.17, 15) is 14.0 Å². The van der Waals surface area contributed by atoms with Crippen LogP contribution in [0.4, 0.5) is 15.8 Å². The number of nitrogens with one attached hydrogen (secondary N) is 1. The molecule has 1 unspecified atom stereocenters. The predicted octanol–water partition coefficient (Wildman–Crippen LogP) is 2.20. The number of carbonyl (C=O) groups is 2. The smallest absolute Gasteiger partial charge is 0.265 e. The van der Waals surface area contributed by atoms with Gasteiger partial charge in [0.2, 0.25) is 5.91 Å². The van der Waals surface area contributed by atoms with Crippen LogP contribution in [-0.4, -0.2) is 62.2 Å². The van der Waals surface area contributed by atoms with Crippen molar-refractivity contribution in [2.24, 2.45) is 0 Å². The van der Waals surface area contributed by atoms with Crippen molar-refractivity contribution in [3.8, 4) is 5.75 Å². The molecule has 7 nitrogen and oxygen atoms in total. The number of nitrogens with zero attached hydrogens (tertiary/aromatic N) is 2. The van der Waals surface area contributed by atoms with E-state index < -0.39 is 11.9 Å². The molecule has 2 aromatic carbocycles. The molecule has 0 bridgehead atoms. The average molecular weight is 413 g/mol. The van der Waals surface area contributed by atoms with E-state index in [1.807, 2.05) is 18.2 Å². The van der Waals surface area contributed by atoms with Gasteiger partial charge in [0.05, 0.1) is 37.7 Å². The van der Waals surface area contributed by atoms with Gasteiger partial charge in [-0.2, -0.15) is 0 Å². The summed E-state index contributed by atoms with van der Waals surface area (Å²) in [6.45, 7) is 4.04. The van der Waals surface area contributed by atoms with E-state index in [-0.39, 0.29) is 30.6 Å². The number of morpholine rings is 1. The van der Waals surface area contributed by atoms with Gasteiger partial charge in [0.25, 0.3) is 5.91 Å². The Morgan fingerprint density at radius 1 is 1.17 bits per heavy atom. The first-order valence-electron chi connectivity index (χ1n) is 9.94. The summed E-state index contributed by atoms with van der Waals surface area (Å²) in [6, 6.07) is 11.9. The Hall–Kier alpha value is -3.13. The summed E-state index contributed by atoms with van der Waals surface area (Å²) in [5.74, 6) is -0.425. The van der Waals surface area contributed by atoms with Gasteiger partial charge < -0.3 is 24.6 Å². The minimum atomic E-state index is -0.720. The maximum atomic E-state index is 14.1. The monoisotopic (exact) mass is 413 g/mol. The second-order valence-corrected chi connectivity index (χ2v) is 7.42. The second kappa shape index (κ2) is 8.71. The molecule has 1 fully saturated rings. The minimum Gasteiger partial charge on any atom is -0.477 e. The number of ether oxygens (including phenoxy) is 2. The van der Waals surface area contributed by atoms with Gasteiger partial charge in [-0.05, 0) is 36.8 Å². The quantitative estimate of drug-likeness (QED) is 0.832. The number of fused-ring (bicyclic) bond motifs is 1. The fraction of sp³-hybridized carbons (Fsp3) is 0.364. The van der Waals surface area contributed by atoms with E-state index in [0.717, 1.165) is 11.3 Å². The van der Waals surface area contributed by atoms with Gasteiger partial charge in [0.15, 0.2) is 6.10 Å². The number of aryl methyl sites for hydroxylation is 1. The van der Waals surface area contributed by atoms with Gasteiger partial charge in [-0.25, -0.2) is 4.39 Å². The molecule has 2 heterocycles. The van der Waals surface area contributed by atoms with Crippen molar-refractivity contribution in [1.29, 1.82) is 0 Å². The summed E-state index contributed by atoms with van der Waals surface area (Å²) in [7, 11) is 0. The highest BCUT2D eigenvalue weighted by atomic mass is 19.1. The zero-order valence-electron chi connectivity index (χ0n) is 16.8. The zero-order valence-corrected chi connectivity index (χ0v) is 16.8. The third kappa shape index (κ3) is 4.38. The fourth-order valence-corrected chi connectivity index (χ4v) is 3.66. The van der Waals surface area contributed by atoms with Crippen LogP contribution in [0.2, 0.25) is 0 Å². The van der Waals surface area contributed by atoms with Crippen molar-refractivity contribution in [3.05, 3.63) is 53.8 Å². The molecule has 1 saturated heterocycles. The third-order valence-electron chi connectivity index (χ3n) is 5.19. The maximum Gasteiger partial charge on any atom is 0.265 e. The molecule has 158 valence electrons. The molecule has 0 aromatic heterocycles. The molecule has 2 aromatic rings. The summed E-state index contributed by atoms with van der Waals surface area (Å²) in [5, 5.41) is 2.61. The van der Waals surface area contributed by atoms with Gasteiger partial charge in [-0.1, -0.05) is 18.2 Å². The summed E-state index contributed by atoms with van der Waals surface area (Å²) in [6.07, 6.45) is -0.720. The molecule has 2 aliphatic heterocycles. The molecule has 1 atom stereocenters. The van der Waals surface area contributed by atoms with E-state index in [1.165, 1.54) is 6.07 Å². The Kier molecular flexibility index (Phi) is 5.85. The Balaban J connectivity index is 1.49. The number of rotatable bonds is 4. The highest BCUT2D eigenvalue weighted by Gasteiger charge is 2.34. The van der Waals surface area contributed by atoms with Gasteiger partial charge in [-0.3, -0.25) is 9.59 Å². The second-order valence-electron chi connectivity index (χ2n) is 7.42. The van der Waals surface area contributed by atoms with Gasteiger partial charge in [0.1, 0.15) is 11.6 Å². The number of halogens is 1. The Morgan fingerprint density at radius 2 is 1.93 bits per heavy atom. The summed E-state index contributed by atoms with van der Waals surface area (Å²) in [4.78, 5) is 29.1. The first-order chi connectivity index (χ1) is 14.5. The lowest BCUT2D eigenvalue weighted by Gasteiger charge is -2.38. The van der Waals surface area contributed by atoms with Crippen LogP contribution in [0.15, 0.2) is 42.5 Å². The van der Waals surface area contributed by atoms with Crippen LogP contribution < -0.4 is 15.0 Å². The number of anilines is 2. The van der Waals surface area contributed by atoms with E-state index in [4.69, 9.17) is 9.47 Å². The van der Waals surface area contributed by atoms with Crippen LogP contribution in [0.3, 0.4) is 0 Å². The molecular weight excluding hydrogens is 389 g/mol. The van der Waals surface area contributed by atoms with Crippen LogP contribution in [0, 0.1) is 12.7 Å². The molecule has 4 rings (SSSR count). The molecule has 1 N–H and O–H groups in total. The highest BCUT2D eigenvalue weighted by molar-refractivity contribution is 5.95. The first kappa shape index (κ1) is 20.2. The lowest BCUT2D eigenvalue weighted by molar-refractivity contribution is -0.142. The van der Waals surface area contributed by atoms with Crippen molar-refractivity contribution in [2.45, 2.75) is 13.0 Å². The number of benzene rings is 2. The average Bonchev–Trinajstić information content (AvgIpc) is 2.75. The van der Waals surface area contributed by atoms with Gasteiger partial charge in [0, 0.05) is 13.1 Å². The number of hydrogen-bond donors (Lipinski definition) is 1. The summed E-state index contributed by atoms with van der Waals surface area (Å²) >= 11 is 0. The van der Waals surface area contributed by atoms with Crippen LogP contribution >= 0.6 is 0 Å². The molecule has 0 aliphatic carbocycles. The number of amides is 2. The first-order valence-corrected chi connectivity index (χ1v) is 9.94. The SMILES string of the molecule is Cc1ccc(NC(=O)CN2CC(C(=O)N3CCOCC3)Oc3ccccc32)c(F)c1. The molecule has 0 radical (unpaired) electrons. The topological polar surface area (TPSA) is 71.1 Å². The van der Waals surface area contributed by atoms with E-state index >= 15 is 0 Å². The molecule has 0 saturated carbocycles. The van der Waals surface area contributed by atoms with Crippen molar-refractivity contribution in [3.63, 3.8) is 0 Å². The summed E-state index contributed by atoms with van der Waals surface area (Å²) < 4.78 is 25.3. The van der Waals surface area contributed by atoms with Crippen LogP contribution in [0.5, 0.6) is 5.75 Å². The number of carbonyl (C=O) groups excluding carboxylic acids is 2. The number of para-hydroxylation sites is 2. The Bertz CT molecular complexity index is 946. The van der Waals surface area contributed by atoms with Crippen molar-refractivity contribution >= 4 is 23.2 Å². The largest absolute Gasteiger partial charge is 0.477 e. The molecule has 8 heteroatoms.